The van der Waals surface area contributed by atoms with Gasteiger partial charge in [-0.25, -0.2) is 4.79 Å². The molecule has 0 aromatic heterocycles. The van der Waals surface area contributed by atoms with E-state index in [1.54, 1.807) is 17.8 Å². The van der Waals surface area contributed by atoms with Crippen LogP contribution in [-0.2, 0) is 5.75 Å². The van der Waals surface area contributed by atoms with Gasteiger partial charge in [0.1, 0.15) is 5.56 Å². The lowest BCUT2D eigenvalue weighted by molar-refractivity contribution is -0.385. The van der Waals surface area contributed by atoms with Crippen molar-refractivity contribution < 1.29 is 14.8 Å². The molecule has 0 spiro atoms. The smallest absolute Gasteiger partial charge is 0.343 e. The number of aromatic carboxylic acids is 1. The Morgan fingerprint density at radius 2 is 2.24 bits per heavy atom. The molecule has 6 heteroatoms. The van der Waals surface area contributed by atoms with Gasteiger partial charge in [0, 0.05) is 11.8 Å². The molecule has 0 heterocycles. The summed E-state index contributed by atoms with van der Waals surface area (Å²) in [6.45, 7) is 2.03. The normalized spacial score (nSPS) is 10.2. The van der Waals surface area contributed by atoms with E-state index in [0.29, 0.717) is 11.3 Å². The SMILES string of the molecule is CCCSCc1cccc([N+](=O)[O-])c1C(=O)O. The van der Waals surface area contributed by atoms with Crippen LogP contribution in [0.25, 0.3) is 0 Å². The Bertz CT molecular complexity index is 433. The molecule has 0 bridgehead atoms. The minimum absolute atomic E-state index is 0.193. The minimum Gasteiger partial charge on any atom is -0.477 e. The van der Waals surface area contributed by atoms with Crippen molar-refractivity contribution in [2.45, 2.75) is 19.1 Å². The van der Waals surface area contributed by atoms with E-state index < -0.39 is 10.9 Å². The third-order valence-electron chi connectivity index (χ3n) is 2.15. The highest BCUT2D eigenvalue weighted by atomic mass is 32.2. The van der Waals surface area contributed by atoms with Gasteiger partial charge in [-0.15, -0.1) is 0 Å². The average Bonchev–Trinajstić information content (AvgIpc) is 2.28. The van der Waals surface area contributed by atoms with E-state index in [9.17, 15) is 14.9 Å². The Balaban J connectivity index is 3.07. The van der Waals surface area contributed by atoms with E-state index >= 15 is 0 Å². The van der Waals surface area contributed by atoms with Crippen LogP contribution in [0.3, 0.4) is 0 Å². The monoisotopic (exact) mass is 255 g/mol. The molecule has 0 aliphatic rings. The number of benzene rings is 1. The Kier molecular flexibility index (Phi) is 4.96. The molecule has 0 atom stereocenters. The van der Waals surface area contributed by atoms with Crippen LogP contribution in [0, 0.1) is 10.1 Å². The summed E-state index contributed by atoms with van der Waals surface area (Å²) in [5.74, 6) is 0.142. The van der Waals surface area contributed by atoms with Crippen LogP contribution in [0.1, 0.15) is 29.3 Å². The second kappa shape index (κ2) is 6.24. The lowest BCUT2D eigenvalue weighted by Gasteiger charge is -2.05. The summed E-state index contributed by atoms with van der Waals surface area (Å²) in [5, 5.41) is 19.8. The van der Waals surface area contributed by atoms with Crippen LogP contribution in [-0.4, -0.2) is 21.8 Å². The van der Waals surface area contributed by atoms with Crippen molar-refractivity contribution in [1.29, 1.82) is 0 Å². The van der Waals surface area contributed by atoms with Gasteiger partial charge >= 0.3 is 5.97 Å². The molecule has 0 aliphatic heterocycles. The van der Waals surface area contributed by atoms with Crippen molar-refractivity contribution in [3.05, 3.63) is 39.4 Å². The maximum absolute atomic E-state index is 11.1. The van der Waals surface area contributed by atoms with Crippen molar-refractivity contribution in [3.63, 3.8) is 0 Å². The summed E-state index contributed by atoms with van der Waals surface area (Å²) in [4.78, 5) is 21.2. The van der Waals surface area contributed by atoms with Crippen molar-refractivity contribution in [1.82, 2.24) is 0 Å². The van der Waals surface area contributed by atoms with Gasteiger partial charge in [0.25, 0.3) is 5.69 Å². The largest absolute Gasteiger partial charge is 0.477 e. The fraction of sp³-hybridized carbons (Fsp3) is 0.364. The maximum Gasteiger partial charge on any atom is 0.343 e. The molecule has 17 heavy (non-hydrogen) atoms. The number of hydrogen-bond acceptors (Lipinski definition) is 4. The number of carboxylic acid groups (broad SMARTS) is 1. The second-order valence-corrected chi connectivity index (χ2v) is 4.53. The molecule has 0 saturated carbocycles. The molecule has 0 radical (unpaired) electrons. The van der Waals surface area contributed by atoms with Gasteiger partial charge < -0.3 is 5.11 Å². The minimum atomic E-state index is -1.25. The highest BCUT2D eigenvalue weighted by molar-refractivity contribution is 7.98. The fourth-order valence-electron chi connectivity index (χ4n) is 1.43. The molecule has 0 saturated heterocycles. The van der Waals surface area contributed by atoms with E-state index in [2.05, 4.69) is 0 Å². The first kappa shape index (κ1) is 13.5. The highest BCUT2D eigenvalue weighted by Gasteiger charge is 2.22. The fourth-order valence-corrected chi connectivity index (χ4v) is 2.33. The molecule has 1 aromatic carbocycles. The number of nitro groups is 1. The van der Waals surface area contributed by atoms with Gasteiger partial charge in [0.2, 0.25) is 0 Å². The van der Waals surface area contributed by atoms with Crippen LogP contribution in [0.4, 0.5) is 5.69 Å². The molecule has 0 aliphatic carbocycles. The summed E-state index contributed by atoms with van der Waals surface area (Å²) >= 11 is 1.57. The van der Waals surface area contributed by atoms with Gasteiger partial charge in [0.15, 0.2) is 0 Å². The van der Waals surface area contributed by atoms with Crippen molar-refractivity contribution >= 4 is 23.4 Å². The Morgan fingerprint density at radius 1 is 1.53 bits per heavy atom. The van der Waals surface area contributed by atoms with E-state index in [-0.39, 0.29) is 11.3 Å². The van der Waals surface area contributed by atoms with Crippen molar-refractivity contribution in [2.24, 2.45) is 0 Å². The number of nitrogens with zero attached hydrogens (tertiary/aromatic N) is 1. The number of rotatable bonds is 6. The van der Waals surface area contributed by atoms with Crippen LogP contribution in [0.2, 0.25) is 0 Å². The molecule has 0 unspecified atom stereocenters. The summed E-state index contributed by atoms with van der Waals surface area (Å²) in [6.07, 6.45) is 0.988. The van der Waals surface area contributed by atoms with E-state index in [0.717, 1.165) is 12.2 Å². The van der Waals surface area contributed by atoms with Crippen molar-refractivity contribution in [2.75, 3.05) is 5.75 Å². The van der Waals surface area contributed by atoms with Crippen LogP contribution in [0.15, 0.2) is 18.2 Å². The molecule has 1 rings (SSSR count). The van der Waals surface area contributed by atoms with Crippen LogP contribution in [0.5, 0.6) is 0 Å². The zero-order valence-electron chi connectivity index (χ0n) is 9.38. The third kappa shape index (κ3) is 3.45. The molecular weight excluding hydrogens is 242 g/mol. The van der Waals surface area contributed by atoms with Gasteiger partial charge in [-0.1, -0.05) is 19.1 Å². The van der Waals surface area contributed by atoms with Gasteiger partial charge in [-0.2, -0.15) is 11.8 Å². The van der Waals surface area contributed by atoms with Gasteiger partial charge in [0.05, 0.1) is 4.92 Å². The second-order valence-electron chi connectivity index (χ2n) is 3.43. The molecule has 1 aromatic rings. The Labute approximate surface area is 103 Å². The Morgan fingerprint density at radius 3 is 2.76 bits per heavy atom. The first-order chi connectivity index (χ1) is 8.07. The van der Waals surface area contributed by atoms with Gasteiger partial charge in [-0.3, -0.25) is 10.1 Å². The van der Waals surface area contributed by atoms with Crippen LogP contribution < -0.4 is 0 Å². The molecule has 92 valence electrons. The Hall–Kier alpha value is -1.56. The summed E-state index contributed by atoms with van der Waals surface area (Å²) in [6, 6.07) is 4.36. The predicted molar refractivity (Wildman–Crippen MR) is 66.5 cm³/mol. The quantitative estimate of drug-likeness (QED) is 0.480. The molecule has 5 nitrogen and oxygen atoms in total. The number of carbonyl (C=O) groups is 1. The maximum atomic E-state index is 11.1. The summed E-state index contributed by atoms with van der Waals surface area (Å²) in [5.41, 5.74) is -0.0293. The topological polar surface area (TPSA) is 80.4 Å². The number of carboxylic acids is 1. The first-order valence-corrected chi connectivity index (χ1v) is 6.30. The lowest BCUT2D eigenvalue weighted by atomic mass is 10.1. The summed E-state index contributed by atoms with van der Waals surface area (Å²) < 4.78 is 0. The number of hydrogen-bond donors (Lipinski definition) is 1. The predicted octanol–water partition coefficient (Wildman–Crippen LogP) is 2.94. The van der Waals surface area contributed by atoms with E-state index in [1.807, 2.05) is 6.92 Å². The number of thioether (sulfide) groups is 1. The molecule has 1 N–H and O–H groups in total. The lowest BCUT2D eigenvalue weighted by Crippen LogP contribution is -2.06. The van der Waals surface area contributed by atoms with E-state index in [1.165, 1.54) is 12.1 Å². The molecular formula is C11H13NO4S. The first-order valence-electron chi connectivity index (χ1n) is 5.15. The number of nitro benzene ring substituents is 1. The highest BCUT2D eigenvalue weighted by Crippen LogP contribution is 2.25. The zero-order chi connectivity index (χ0) is 12.8. The third-order valence-corrected chi connectivity index (χ3v) is 3.36. The van der Waals surface area contributed by atoms with E-state index in [4.69, 9.17) is 5.11 Å². The average molecular weight is 255 g/mol. The standard InChI is InChI=1S/C11H13NO4S/c1-2-6-17-7-8-4-3-5-9(12(15)16)10(8)11(13)14/h3-5H,2,6-7H2,1H3,(H,13,14). The van der Waals surface area contributed by atoms with Gasteiger partial charge in [-0.05, 0) is 17.7 Å². The molecule has 0 amide bonds. The summed E-state index contributed by atoms with van der Waals surface area (Å²) in [7, 11) is 0. The van der Waals surface area contributed by atoms with Crippen molar-refractivity contribution in [3.8, 4) is 0 Å². The molecule has 0 fully saturated rings. The van der Waals surface area contributed by atoms with Crippen LogP contribution >= 0.6 is 11.8 Å². The zero-order valence-corrected chi connectivity index (χ0v) is 10.2.